The molecule has 72 valence electrons. The lowest BCUT2D eigenvalue weighted by molar-refractivity contribution is 0.619. The average Bonchev–Trinajstić information content (AvgIpc) is 2.13. The van der Waals surface area contributed by atoms with Gasteiger partial charge in [-0.3, -0.25) is 0 Å². The van der Waals surface area contributed by atoms with E-state index in [1.807, 2.05) is 6.07 Å². The zero-order chi connectivity index (χ0) is 9.68. The largest absolute Gasteiger partial charge is 0.384 e. The first-order valence-corrected chi connectivity index (χ1v) is 5.63. The highest BCUT2D eigenvalue weighted by Gasteiger charge is 2.01. The van der Waals surface area contributed by atoms with Crippen LogP contribution in [0.5, 0.6) is 0 Å². The van der Waals surface area contributed by atoms with Crippen LogP contribution in [0.15, 0.2) is 18.2 Å². The van der Waals surface area contributed by atoms with Crippen LogP contribution in [0, 0.1) is 12.7 Å². The lowest BCUT2D eigenvalue weighted by Gasteiger charge is -2.08. The fraction of sp³-hybridized carbons (Fsp3) is 0.400. The van der Waals surface area contributed by atoms with E-state index in [1.54, 1.807) is 24.8 Å². The highest BCUT2D eigenvalue weighted by Crippen LogP contribution is 2.16. The molecular formula is C10H14FNS. The van der Waals surface area contributed by atoms with E-state index < -0.39 is 0 Å². The van der Waals surface area contributed by atoms with Crippen LogP contribution in [0.1, 0.15) is 5.56 Å². The maximum atomic E-state index is 13.0. The fourth-order valence-electron chi connectivity index (χ4n) is 1.09. The van der Waals surface area contributed by atoms with Gasteiger partial charge in [-0.1, -0.05) is 6.07 Å². The van der Waals surface area contributed by atoms with Gasteiger partial charge in [0.25, 0.3) is 0 Å². The smallest absolute Gasteiger partial charge is 0.128 e. The van der Waals surface area contributed by atoms with Crippen molar-refractivity contribution < 1.29 is 4.39 Å². The molecule has 0 aliphatic heterocycles. The zero-order valence-corrected chi connectivity index (χ0v) is 8.75. The minimum atomic E-state index is -0.144. The number of benzene rings is 1. The fourth-order valence-corrected chi connectivity index (χ4v) is 1.39. The van der Waals surface area contributed by atoms with Gasteiger partial charge < -0.3 is 5.32 Å². The summed E-state index contributed by atoms with van der Waals surface area (Å²) in [4.78, 5) is 0. The summed E-state index contributed by atoms with van der Waals surface area (Å²) in [5, 5.41) is 3.19. The van der Waals surface area contributed by atoms with Crippen molar-refractivity contribution in [1.82, 2.24) is 0 Å². The Morgan fingerprint density at radius 1 is 1.46 bits per heavy atom. The van der Waals surface area contributed by atoms with Crippen molar-refractivity contribution in [2.24, 2.45) is 0 Å². The Bertz CT molecular complexity index is 276. The molecule has 0 heterocycles. The van der Waals surface area contributed by atoms with Gasteiger partial charge in [0.15, 0.2) is 0 Å². The molecule has 0 spiro atoms. The standard InChI is InChI=1S/C10H14FNS/c1-8-9(11)4-3-5-10(8)12-6-7-13-2/h3-5,12H,6-7H2,1-2H3. The van der Waals surface area contributed by atoms with Crippen molar-refractivity contribution in [3.05, 3.63) is 29.6 Å². The van der Waals surface area contributed by atoms with E-state index >= 15 is 0 Å². The second-order valence-electron chi connectivity index (χ2n) is 2.83. The molecule has 0 bridgehead atoms. The predicted octanol–water partition coefficient (Wildman–Crippen LogP) is 2.91. The van der Waals surface area contributed by atoms with Crippen molar-refractivity contribution >= 4 is 17.4 Å². The summed E-state index contributed by atoms with van der Waals surface area (Å²) >= 11 is 1.77. The molecule has 0 aromatic heterocycles. The van der Waals surface area contributed by atoms with Crippen LogP contribution < -0.4 is 5.32 Å². The average molecular weight is 199 g/mol. The van der Waals surface area contributed by atoms with E-state index in [9.17, 15) is 4.39 Å². The van der Waals surface area contributed by atoms with Gasteiger partial charge >= 0.3 is 0 Å². The first kappa shape index (κ1) is 10.4. The number of thioether (sulfide) groups is 1. The van der Waals surface area contributed by atoms with Gasteiger partial charge in [0.2, 0.25) is 0 Å². The van der Waals surface area contributed by atoms with E-state index in [0.717, 1.165) is 18.0 Å². The van der Waals surface area contributed by atoms with Crippen molar-refractivity contribution in [1.29, 1.82) is 0 Å². The van der Waals surface area contributed by atoms with E-state index in [-0.39, 0.29) is 5.82 Å². The predicted molar refractivity (Wildman–Crippen MR) is 58.0 cm³/mol. The molecule has 0 atom stereocenters. The minimum absolute atomic E-state index is 0.144. The third-order valence-corrected chi connectivity index (χ3v) is 2.50. The van der Waals surface area contributed by atoms with Gasteiger partial charge in [-0.25, -0.2) is 4.39 Å². The Balaban J connectivity index is 2.61. The molecule has 0 saturated heterocycles. The number of nitrogens with one attached hydrogen (secondary N) is 1. The van der Waals surface area contributed by atoms with E-state index in [0.29, 0.717) is 5.56 Å². The Labute approximate surface area is 82.7 Å². The summed E-state index contributed by atoms with van der Waals surface area (Å²) in [6, 6.07) is 5.11. The maximum absolute atomic E-state index is 13.0. The lowest BCUT2D eigenvalue weighted by atomic mass is 10.2. The summed E-state index contributed by atoms with van der Waals surface area (Å²) in [6.07, 6.45) is 2.06. The molecule has 0 amide bonds. The van der Waals surface area contributed by atoms with Crippen LogP contribution in [0.3, 0.4) is 0 Å². The van der Waals surface area contributed by atoms with Gasteiger partial charge in [0, 0.05) is 23.5 Å². The van der Waals surface area contributed by atoms with Crippen LogP contribution in [0.2, 0.25) is 0 Å². The summed E-state index contributed by atoms with van der Waals surface area (Å²) in [5.74, 6) is 0.893. The Morgan fingerprint density at radius 2 is 2.23 bits per heavy atom. The summed E-state index contributed by atoms with van der Waals surface area (Å²) in [5.41, 5.74) is 1.60. The van der Waals surface area contributed by atoms with E-state index in [2.05, 4.69) is 11.6 Å². The van der Waals surface area contributed by atoms with Gasteiger partial charge in [-0.2, -0.15) is 11.8 Å². The van der Waals surface area contributed by atoms with Gasteiger partial charge in [0.05, 0.1) is 0 Å². The molecule has 0 fully saturated rings. The summed E-state index contributed by atoms with van der Waals surface area (Å²) < 4.78 is 13.0. The molecule has 1 nitrogen and oxygen atoms in total. The third-order valence-electron chi connectivity index (χ3n) is 1.89. The molecule has 1 N–H and O–H groups in total. The van der Waals surface area contributed by atoms with Crippen molar-refractivity contribution in [2.45, 2.75) is 6.92 Å². The molecule has 0 unspecified atom stereocenters. The number of hydrogen-bond acceptors (Lipinski definition) is 2. The van der Waals surface area contributed by atoms with E-state index in [4.69, 9.17) is 0 Å². The molecule has 1 aromatic carbocycles. The molecule has 1 aromatic rings. The van der Waals surface area contributed by atoms with Crippen molar-refractivity contribution in [3.8, 4) is 0 Å². The lowest BCUT2D eigenvalue weighted by Crippen LogP contribution is -2.05. The summed E-state index contributed by atoms with van der Waals surface area (Å²) in [7, 11) is 0. The molecule has 0 radical (unpaired) electrons. The monoisotopic (exact) mass is 199 g/mol. The third kappa shape index (κ3) is 2.92. The number of anilines is 1. The van der Waals surface area contributed by atoms with Gasteiger partial charge in [-0.15, -0.1) is 0 Å². The van der Waals surface area contributed by atoms with Gasteiger partial charge in [0.1, 0.15) is 5.82 Å². The number of rotatable bonds is 4. The Morgan fingerprint density at radius 3 is 2.92 bits per heavy atom. The van der Waals surface area contributed by atoms with Crippen LogP contribution in [0.25, 0.3) is 0 Å². The van der Waals surface area contributed by atoms with Crippen molar-refractivity contribution in [3.63, 3.8) is 0 Å². The molecule has 0 saturated carbocycles. The van der Waals surface area contributed by atoms with E-state index in [1.165, 1.54) is 6.07 Å². The topological polar surface area (TPSA) is 12.0 Å². The highest BCUT2D eigenvalue weighted by atomic mass is 32.2. The summed E-state index contributed by atoms with van der Waals surface area (Å²) in [6.45, 7) is 2.67. The molecular weight excluding hydrogens is 185 g/mol. The second kappa shape index (κ2) is 5.12. The van der Waals surface area contributed by atoms with Crippen LogP contribution in [-0.2, 0) is 0 Å². The Hall–Kier alpha value is -0.700. The molecule has 0 aliphatic rings. The van der Waals surface area contributed by atoms with Gasteiger partial charge in [-0.05, 0) is 25.3 Å². The van der Waals surface area contributed by atoms with Crippen LogP contribution >= 0.6 is 11.8 Å². The normalized spacial score (nSPS) is 10.1. The number of hydrogen-bond donors (Lipinski definition) is 1. The molecule has 0 aliphatic carbocycles. The second-order valence-corrected chi connectivity index (χ2v) is 3.82. The van der Waals surface area contributed by atoms with Crippen LogP contribution in [0.4, 0.5) is 10.1 Å². The molecule has 3 heteroatoms. The van der Waals surface area contributed by atoms with Crippen molar-refractivity contribution in [2.75, 3.05) is 23.9 Å². The Kier molecular flexibility index (Phi) is 4.09. The quantitative estimate of drug-likeness (QED) is 0.748. The SMILES string of the molecule is CSCCNc1cccc(F)c1C. The van der Waals surface area contributed by atoms with Crippen LogP contribution in [-0.4, -0.2) is 18.6 Å². The zero-order valence-electron chi connectivity index (χ0n) is 7.93. The molecule has 13 heavy (non-hydrogen) atoms. The first-order valence-electron chi connectivity index (χ1n) is 4.23. The number of halogens is 1. The maximum Gasteiger partial charge on any atom is 0.128 e. The molecule has 1 rings (SSSR count). The first-order chi connectivity index (χ1) is 6.25. The minimum Gasteiger partial charge on any atom is -0.384 e. The highest BCUT2D eigenvalue weighted by molar-refractivity contribution is 7.98.